The third-order valence-corrected chi connectivity index (χ3v) is 3.66. The van der Waals surface area contributed by atoms with Gasteiger partial charge in [-0.15, -0.1) is 0 Å². The van der Waals surface area contributed by atoms with E-state index in [1.165, 1.54) is 12.1 Å². The summed E-state index contributed by atoms with van der Waals surface area (Å²) >= 11 is 6.21. The van der Waals surface area contributed by atoms with Crippen LogP contribution >= 0.6 is 11.6 Å². The number of non-ortho nitro benzene ring substituents is 1. The molecule has 0 spiro atoms. The van der Waals surface area contributed by atoms with Gasteiger partial charge in [-0.2, -0.15) is 4.98 Å². The van der Waals surface area contributed by atoms with Crippen molar-refractivity contribution in [2.24, 2.45) is 0 Å². The van der Waals surface area contributed by atoms with Crippen LogP contribution in [0.25, 0.3) is 22.5 Å². The average molecular weight is 342 g/mol. The first-order chi connectivity index (χ1) is 11.5. The molecule has 0 amide bonds. The van der Waals surface area contributed by atoms with Crippen LogP contribution in [0.4, 0.5) is 5.69 Å². The van der Waals surface area contributed by atoms with Gasteiger partial charge in [-0.1, -0.05) is 53.2 Å². The molecule has 6 nitrogen and oxygen atoms in total. The number of nitro groups is 1. The van der Waals surface area contributed by atoms with Gasteiger partial charge in [-0.05, 0) is 24.1 Å². The molecule has 0 atom stereocenters. The Kier molecular flexibility index (Phi) is 4.39. The van der Waals surface area contributed by atoms with Gasteiger partial charge in [0.2, 0.25) is 5.82 Å². The summed E-state index contributed by atoms with van der Waals surface area (Å²) in [4.78, 5) is 14.6. The Morgan fingerprint density at radius 3 is 2.79 bits per heavy atom. The largest absolute Gasteiger partial charge is 0.333 e. The quantitative estimate of drug-likeness (QED) is 0.508. The molecule has 0 aliphatic carbocycles. The molecule has 120 valence electrons. The number of hydrogen-bond acceptors (Lipinski definition) is 5. The molecule has 0 bridgehead atoms. The van der Waals surface area contributed by atoms with E-state index in [1.807, 2.05) is 31.2 Å². The number of halogens is 1. The molecule has 3 rings (SSSR count). The minimum Gasteiger partial charge on any atom is -0.333 e. The lowest BCUT2D eigenvalue weighted by molar-refractivity contribution is -0.384. The van der Waals surface area contributed by atoms with Crippen LogP contribution in [0.5, 0.6) is 0 Å². The highest BCUT2D eigenvalue weighted by molar-refractivity contribution is 6.50. The number of nitrogens with zero attached hydrogens (tertiary/aromatic N) is 3. The number of aromatic nitrogens is 2. The summed E-state index contributed by atoms with van der Waals surface area (Å²) in [6.07, 6.45) is 1.55. The van der Waals surface area contributed by atoms with Crippen LogP contribution in [0.2, 0.25) is 0 Å². The van der Waals surface area contributed by atoms with Crippen molar-refractivity contribution in [3.05, 3.63) is 75.7 Å². The Bertz CT molecular complexity index is 934. The Morgan fingerprint density at radius 2 is 2.04 bits per heavy atom. The van der Waals surface area contributed by atoms with Gasteiger partial charge < -0.3 is 4.52 Å². The fourth-order valence-electron chi connectivity index (χ4n) is 2.19. The number of nitro benzene ring substituents is 1. The van der Waals surface area contributed by atoms with Gasteiger partial charge in [0.1, 0.15) is 5.03 Å². The topological polar surface area (TPSA) is 82.1 Å². The lowest BCUT2D eigenvalue weighted by Crippen LogP contribution is -1.88. The van der Waals surface area contributed by atoms with Crippen LogP contribution in [0.3, 0.4) is 0 Å². The van der Waals surface area contributed by atoms with E-state index in [4.69, 9.17) is 16.1 Å². The normalized spacial score (nSPS) is 11.5. The molecule has 0 radical (unpaired) electrons. The van der Waals surface area contributed by atoms with E-state index in [0.29, 0.717) is 11.4 Å². The van der Waals surface area contributed by atoms with E-state index in [1.54, 1.807) is 18.2 Å². The van der Waals surface area contributed by atoms with E-state index >= 15 is 0 Å². The van der Waals surface area contributed by atoms with E-state index in [2.05, 4.69) is 10.1 Å². The summed E-state index contributed by atoms with van der Waals surface area (Å²) in [6, 6.07) is 13.8. The van der Waals surface area contributed by atoms with Crippen LogP contribution in [0.1, 0.15) is 17.0 Å². The van der Waals surface area contributed by atoms with Crippen molar-refractivity contribution < 1.29 is 9.45 Å². The van der Waals surface area contributed by atoms with Crippen LogP contribution in [0, 0.1) is 17.0 Å². The van der Waals surface area contributed by atoms with Crippen molar-refractivity contribution in [1.82, 2.24) is 10.1 Å². The average Bonchev–Trinajstić information content (AvgIpc) is 3.05. The first-order valence-corrected chi connectivity index (χ1v) is 7.44. The summed E-state index contributed by atoms with van der Waals surface area (Å²) in [6.45, 7) is 1.95. The van der Waals surface area contributed by atoms with Crippen LogP contribution in [0.15, 0.2) is 53.1 Å². The van der Waals surface area contributed by atoms with Gasteiger partial charge in [0.15, 0.2) is 0 Å². The Hall–Kier alpha value is -2.99. The summed E-state index contributed by atoms with van der Waals surface area (Å²) in [5.74, 6) is 0.593. The first-order valence-electron chi connectivity index (χ1n) is 7.06. The summed E-state index contributed by atoms with van der Waals surface area (Å²) in [7, 11) is 0. The number of aryl methyl sites for hydroxylation is 1. The predicted octanol–water partition coefficient (Wildman–Crippen LogP) is 4.69. The third-order valence-electron chi connectivity index (χ3n) is 3.39. The Labute approximate surface area is 142 Å². The molecule has 0 aliphatic heterocycles. The second-order valence-electron chi connectivity index (χ2n) is 5.08. The van der Waals surface area contributed by atoms with Gasteiger partial charge in [-0.3, -0.25) is 10.1 Å². The molecule has 0 unspecified atom stereocenters. The fourth-order valence-corrected chi connectivity index (χ4v) is 2.39. The van der Waals surface area contributed by atoms with Crippen molar-refractivity contribution in [2.45, 2.75) is 6.92 Å². The molecule has 0 fully saturated rings. The zero-order chi connectivity index (χ0) is 17.1. The van der Waals surface area contributed by atoms with Gasteiger partial charge in [-0.25, -0.2) is 0 Å². The molecule has 1 heterocycles. The summed E-state index contributed by atoms with van der Waals surface area (Å²) < 4.78 is 5.19. The Balaban J connectivity index is 1.91. The smallest absolute Gasteiger partial charge is 0.270 e. The summed E-state index contributed by atoms with van der Waals surface area (Å²) in [5, 5.41) is 15.0. The summed E-state index contributed by atoms with van der Waals surface area (Å²) in [5.41, 5.74) is 2.43. The van der Waals surface area contributed by atoms with Gasteiger partial charge in [0.25, 0.3) is 11.6 Å². The van der Waals surface area contributed by atoms with Crippen molar-refractivity contribution in [1.29, 1.82) is 0 Å². The minimum atomic E-state index is -0.464. The maximum Gasteiger partial charge on any atom is 0.270 e. The second-order valence-corrected chi connectivity index (χ2v) is 5.49. The standard InChI is InChI=1S/C17H12ClN3O3/c1-11-5-2-3-8-14(11)16-19-17(24-20-16)15(18)10-12-6-4-7-13(9-12)21(22)23/h2-10H,1H3/b15-10-. The lowest BCUT2D eigenvalue weighted by Gasteiger charge is -1.98. The van der Waals surface area contributed by atoms with E-state index < -0.39 is 4.92 Å². The maximum atomic E-state index is 10.8. The van der Waals surface area contributed by atoms with Crippen molar-refractivity contribution in [3.8, 4) is 11.4 Å². The minimum absolute atomic E-state index is 0.0145. The number of hydrogen-bond donors (Lipinski definition) is 0. The van der Waals surface area contributed by atoms with Crippen molar-refractivity contribution in [2.75, 3.05) is 0 Å². The molecule has 3 aromatic rings. The fraction of sp³-hybridized carbons (Fsp3) is 0.0588. The van der Waals surface area contributed by atoms with Gasteiger partial charge in [0.05, 0.1) is 4.92 Å². The van der Waals surface area contributed by atoms with Gasteiger partial charge >= 0.3 is 0 Å². The van der Waals surface area contributed by atoms with Crippen LogP contribution in [-0.2, 0) is 0 Å². The molecule has 0 N–H and O–H groups in total. The predicted molar refractivity (Wildman–Crippen MR) is 91.3 cm³/mol. The monoisotopic (exact) mass is 341 g/mol. The molecule has 24 heavy (non-hydrogen) atoms. The Morgan fingerprint density at radius 1 is 1.25 bits per heavy atom. The zero-order valence-corrected chi connectivity index (χ0v) is 13.4. The van der Waals surface area contributed by atoms with Crippen molar-refractivity contribution in [3.63, 3.8) is 0 Å². The number of benzene rings is 2. The highest BCUT2D eigenvalue weighted by Crippen LogP contribution is 2.26. The van der Waals surface area contributed by atoms with Crippen molar-refractivity contribution >= 4 is 28.4 Å². The molecule has 0 saturated heterocycles. The molecule has 0 saturated carbocycles. The zero-order valence-electron chi connectivity index (χ0n) is 12.6. The van der Waals surface area contributed by atoms with Crippen LogP contribution in [-0.4, -0.2) is 15.1 Å². The van der Waals surface area contributed by atoms with Gasteiger partial charge in [0, 0.05) is 17.7 Å². The molecule has 2 aromatic carbocycles. The highest BCUT2D eigenvalue weighted by Gasteiger charge is 2.13. The molecular weight excluding hydrogens is 330 g/mol. The SMILES string of the molecule is Cc1ccccc1-c1noc(/C(Cl)=C/c2cccc([N+](=O)[O-])c2)n1. The number of rotatable bonds is 4. The maximum absolute atomic E-state index is 10.8. The molecule has 7 heteroatoms. The lowest BCUT2D eigenvalue weighted by atomic mass is 10.1. The van der Waals surface area contributed by atoms with Crippen LogP contribution < -0.4 is 0 Å². The molecule has 0 aliphatic rings. The molecular formula is C17H12ClN3O3. The third kappa shape index (κ3) is 3.33. The van der Waals surface area contributed by atoms with E-state index in [-0.39, 0.29) is 16.6 Å². The first kappa shape index (κ1) is 15.9. The second kappa shape index (κ2) is 6.64. The molecule has 1 aromatic heterocycles. The highest BCUT2D eigenvalue weighted by atomic mass is 35.5. The van der Waals surface area contributed by atoms with E-state index in [0.717, 1.165) is 11.1 Å². The van der Waals surface area contributed by atoms with E-state index in [9.17, 15) is 10.1 Å².